The molecule has 0 unspecified atom stereocenters. The summed E-state index contributed by atoms with van der Waals surface area (Å²) >= 11 is 6.14. The monoisotopic (exact) mass is 325 g/mol. The highest BCUT2D eigenvalue weighted by molar-refractivity contribution is 6.35. The lowest BCUT2D eigenvalue weighted by molar-refractivity contribution is 0.0599. The van der Waals surface area contributed by atoms with E-state index in [2.05, 4.69) is 0 Å². The second-order valence-corrected chi connectivity index (χ2v) is 5.36. The topological polar surface area (TPSA) is 51.9 Å². The number of amides is 1. The highest BCUT2D eigenvalue weighted by atomic mass is 35.5. The highest BCUT2D eigenvalue weighted by Crippen LogP contribution is 2.31. The van der Waals surface area contributed by atoms with E-state index in [0.29, 0.717) is 42.7 Å². The molecule has 0 saturated carbocycles. The number of halogens is 1. The van der Waals surface area contributed by atoms with Crippen molar-refractivity contribution in [3.05, 3.63) is 34.5 Å². The van der Waals surface area contributed by atoms with Crippen LogP contribution in [0.5, 0.6) is 0 Å². The van der Waals surface area contributed by atoms with Crippen molar-refractivity contribution >= 4 is 28.5 Å². The van der Waals surface area contributed by atoms with Gasteiger partial charge < -0.3 is 18.8 Å². The maximum Gasteiger partial charge on any atom is 0.290 e. The summed E-state index contributed by atoms with van der Waals surface area (Å²) in [4.78, 5) is 14.4. The molecule has 0 aliphatic rings. The Hall–Kier alpha value is -1.56. The van der Waals surface area contributed by atoms with E-state index in [1.165, 1.54) is 0 Å². The van der Waals surface area contributed by atoms with Gasteiger partial charge in [0.15, 0.2) is 11.3 Å². The summed E-state index contributed by atoms with van der Waals surface area (Å²) in [5.74, 6) is 0.133. The normalized spacial score (nSPS) is 11.1. The Balaban J connectivity index is 2.33. The molecule has 2 aromatic rings. The zero-order valence-corrected chi connectivity index (χ0v) is 13.8. The van der Waals surface area contributed by atoms with Crippen molar-refractivity contribution < 1.29 is 18.7 Å². The minimum atomic E-state index is -0.182. The van der Waals surface area contributed by atoms with Crippen molar-refractivity contribution in [3.63, 3.8) is 0 Å². The van der Waals surface area contributed by atoms with Gasteiger partial charge >= 0.3 is 0 Å². The zero-order chi connectivity index (χ0) is 16.1. The summed E-state index contributed by atoms with van der Waals surface area (Å²) in [7, 11) is 3.20. The van der Waals surface area contributed by atoms with Gasteiger partial charge in [-0.3, -0.25) is 4.79 Å². The molecule has 1 aromatic carbocycles. The second kappa shape index (κ2) is 7.63. The molecule has 0 saturated heterocycles. The number of carbonyl (C=O) groups is 1. The first-order valence-corrected chi connectivity index (χ1v) is 7.42. The number of rotatable bonds is 7. The molecule has 5 nitrogen and oxygen atoms in total. The van der Waals surface area contributed by atoms with Gasteiger partial charge in [0.1, 0.15) is 0 Å². The van der Waals surface area contributed by atoms with Crippen molar-refractivity contribution in [1.29, 1.82) is 0 Å². The Morgan fingerprint density at radius 3 is 2.41 bits per heavy atom. The predicted octanol–water partition coefficient (Wildman–Crippen LogP) is 3.13. The van der Waals surface area contributed by atoms with Crippen LogP contribution in [0.2, 0.25) is 5.02 Å². The maximum absolute atomic E-state index is 12.7. The molecular formula is C16H20ClNO4. The molecule has 22 heavy (non-hydrogen) atoms. The summed E-state index contributed by atoms with van der Waals surface area (Å²) in [6.45, 7) is 3.72. The molecule has 2 rings (SSSR count). The van der Waals surface area contributed by atoms with Crippen LogP contribution in [-0.4, -0.2) is 51.3 Å². The van der Waals surface area contributed by atoms with Gasteiger partial charge in [-0.2, -0.15) is 0 Å². The molecule has 0 aliphatic carbocycles. The molecule has 1 aromatic heterocycles. The van der Waals surface area contributed by atoms with Crippen LogP contribution in [0.25, 0.3) is 11.0 Å². The molecular weight excluding hydrogens is 306 g/mol. The van der Waals surface area contributed by atoms with E-state index in [1.54, 1.807) is 25.2 Å². The number of para-hydroxylation sites is 1. The minimum Gasteiger partial charge on any atom is -0.449 e. The fourth-order valence-electron chi connectivity index (χ4n) is 2.27. The number of fused-ring (bicyclic) bond motifs is 1. The van der Waals surface area contributed by atoms with Crippen LogP contribution in [0, 0.1) is 6.92 Å². The minimum absolute atomic E-state index is 0.182. The molecule has 0 atom stereocenters. The Kier molecular flexibility index (Phi) is 5.83. The Labute approximate surface area is 134 Å². The average molecular weight is 326 g/mol. The fraction of sp³-hybridized carbons (Fsp3) is 0.438. The van der Waals surface area contributed by atoms with E-state index >= 15 is 0 Å². The van der Waals surface area contributed by atoms with Gasteiger partial charge in [-0.1, -0.05) is 23.7 Å². The van der Waals surface area contributed by atoms with Crippen molar-refractivity contribution in [2.75, 3.05) is 40.5 Å². The first-order chi connectivity index (χ1) is 10.6. The molecule has 1 amide bonds. The molecule has 0 fully saturated rings. The molecule has 0 N–H and O–H groups in total. The summed E-state index contributed by atoms with van der Waals surface area (Å²) in [5.41, 5.74) is 1.34. The summed E-state index contributed by atoms with van der Waals surface area (Å²) in [5, 5.41) is 1.36. The Morgan fingerprint density at radius 2 is 1.86 bits per heavy atom. The second-order valence-electron chi connectivity index (χ2n) is 4.95. The van der Waals surface area contributed by atoms with Gasteiger partial charge in [0, 0.05) is 38.3 Å². The van der Waals surface area contributed by atoms with Crippen molar-refractivity contribution in [2.24, 2.45) is 0 Å². The number of ether oxygens (including phenoxy) is 2. The van der Waals surface area contributed by atoms with Crippen LogP contribution in [0.1, 0.15) is 16.1 Å². The third-order valence-electron chi connectivity index (χ3n) is 3.53. The number of nitrogens with zero attached hydrogens (tertiary/aromatic N) is 1. The number of furan rings is 1. The fourth-order valence-corrected chi connectivity index (χ4v) is 2.49. The van der Waals surface area contributed by atoms with Crippen LogP contribution in [0.15, 0.2) is 22.6 Å². The van der Waals surface area contributed by atoms with Crippen molar-refractivity contribution in [1.82, 2.24) is 4.90 Å². The largest absolute Gasteiger partial charge is 0.449 e. The van der Waals surface area contributed by atoms with Gasteiger partial charge in [-0.25, -0.2) is 0 Å². The summed E-state index contributed by atoms with van der Waals surface area (Å²) < 4.78 is 15.8. The first kappa shape index (κ1) is 16.8. The van der Waals surface area contributed by atoms with Gasteiger partial charge in [0.25, 0.3) is 5.91 Å². The third kappa shape index (κ3) is 3.43. The quantitative estimate of drug-likeness (QED) is 0.785. The zero-order valence-electron chi connectivity index (χ0n) is 13.0. The van der Waals surface area contributed by atoms with E-state index in [4.69, 9.17) is 25.5 Å². The first-order valence-electron chi connectivity index (χ1n) is 7.05. The molecule has 1 heterocycles. The van der Waals surface area contributed by atoms with Gasteiger partial charge in [-0.05, 0) is 13.0 Å². The average Bonchev–Trinajstić information content (AvgIpc) is 2.86. The number of hydrogen-bond donors (Lipinski definition) is 0. The van der Waals surface area contributed by atoms with E-state index in [1.807, 2.05) is 19.1 Å². The van der Waals surface area contributed by atoms with Crippen molar-refractivity contribution in [2.45, 2.75) is 6.92 Å². The molecule has 0 radical (unpaired) electrons. The lowest BCUT2D eigenvalue weighted by Gasteiger charge is -2.21. The SMILES string of the molecule is COCCN(CCOC)C(=O)c1oc2c(Cl)cccc2c1C. The summed E-state index contributed by atoms with van der Waals surface area (Å²) in [6.07, 6.45) is 0. The lowest BCUT2D eigenvalue weighted by Crippen LogP contribution is -2.36. The number of carbonyl (C=O) groups excluding carboxylic acids is 1. The predicted molar refractivity (Wildman–Crippen MR) is 85.6 cm³/mol. The van der Waals surface area contributed by atoms with E-state index in [9.17, 15) is 4.79 Å². The van der Waals surface area contributed by atoms with Crippen LogP contribution in [-0.2, 0) is 9.47 Å². The molecule has 120 valence electrons. The molecule has 0 bridgehead atoms. The van der Waals surface area contributed by atoms with Crippen LogP contribution in [0.3, 0.4) is 0 Å². The standard InChI is InChI=1S/C16H20ClNO4/c1-11-12-5-4-6-13(17)15(12)22-14(11)16(19)18(7-9-20-2)8-10-21-3/h4-6H,7-10H2,1-3H3. The number of benzene rings is 1. The van der Waals surface area contributed by atoms with Crippen LogP contribution in [0.4, 0.5) is 0 Å². The van der Waals surface area contributed by atoms with E-state index in [0.717, 1.165) is 10.9 Å². The van der Waals surface area contributed by atoms with Gasteiger partial charge in [0.2, 0.25) is 0 Å². The lowest BCUT2D eigenvalue weighted by atomic mass is 10.1. The third-order valence-corrected chi connectivity index (χ3v) is 3.83. The highest BCUT2D eigenvalue weighted by Gasteiger charge is 2.23. The molecule has 6 heteroatoms. The van der Waals surface area contributed by atoms with Crippen LogP contribution >= 0.6 is 11.6 Å². The smallest absolute Gasteiger partial charge is 0.290 e. The van der Waals surface area contributed by atoms with Crippen molar-refractivity contribution in [3.8, 4) is 0 Å². The molecule has 0 spiro atoms. The van der Waals surface area contributed by atoms with E-state index < -0.39 is 0 Å². The van der Waals surface area contributed by atoms with Gasteiger partial charge in [-0.15, -0.1) is 0 Å². The number of aryl methyl sites for hydroxylation is 1. The van der Waals surface area contributed by atoms with Gasteiger partial charge in [0.05, 0.1) is 18.2 Å². The number of methoxy groups -OCH3 is 2. The van der Waals surface area contributed by atoms with E-state index in [-0.39, 0.29) is 5.91 Å². The molecule has 0 aliphatic heterocycles. The Morgan fingerprint density at radius 1 is 1.23 bits per heavy atom. The summed E-state index contributed by atoms with van der Waals surface area (Å²) in [6, 6.07) is 5.48. The maximum atomic E-state index is 12.7. The number of hydrogen-bond acceptors (Lipinski definition) is 4. The Bertz CT molecular complexity index is 645. The van der Waals surface area contributed by atoms with Crippen LogP contribution < -0.4 is 0 Å².